The van der Waals surface area contributed by atoms with E-state index in [1.165, 1.54) is 5.69 Å². The molecule has 3 atom stereocenters. The van der Waals surface area contributed by atoms with Crippen LogP contribution in [0.4, 0.5) is 5.69 Å². The van der Waals surface area contributed by atoms with Gasteiger partial charge in [-0.3, -0.25) is 14.5 Å². The van der Waals surface area contributed by atoms with Gasteiger partial charge in [-0.2, -0.15) is 0 Å². The summed E-state index contributed by atoms with van der Waals surface area (Å²) in [5, 5.41) is 3.38. The number of carbonyl (C=O) groups is 2. The Morgan fingerprint density at radius 1 is 1.05 bits per heavy atom. The van der Waals surface area contributed by atoms with E-state index in [0.717, 1.165) is 83.1 Å². The second-order valence-corrected chi connectivity index (χ2v) is 12.1. The van der Waals surface area contributed by atoms with Crippen molar-refractivity contribution in [3.63, 3.8) is 0 Å². The number of hydrogen-bond donors (Lipinski definition) is 1. The lowest BCUT2D eigenvalue weighted by molar-refractivity contribution is -0.136. The van der Waals surface area contributed by atoms with E-state index in [9.17, 15) is 9.59 Å². The molecule has 4 heterocycles. The topological polar surface area (TPSA) is 86.8 Å². The normalized spacial score (nSPS) is 26.6. The Labute approximate surface area is 250 Å². The fraction of sp³-hybridized carbons (Fsp3) is 0.688. The lowest BCUT2D eigenvalue weighted by atomic mass is 9.82. The van der Waals surface area contributed by atoms with Crippen LogP contribution in [0.2, 0.25) is 0 Å². The van der Waals surface area contributed by atoms with Gasteiger partial charge in [0.2, 0.25) is 11.8 Å². The van der Waals surface area contributed by atoms with Crippen LogP contribution in [0.1, 0.15) is 31.2 Å². The highest BCUT2D eigenvalue weighted by Gasteiger charge is 2.33. The SMILES string of the molecule is COCCN1CCN(C(=O)C[C@@H]2CCN3C[C@@H]2/C=C/COc2ccc(N4CCC[C@H]4COC)cc2CNCC3=O)CC1. The second kappa shape index (κ2) is 15.2. The minimum absolute atomic E-state index is 0.114. The van der Waals surface area contributed by atoms with Gasteiger partial charge < -0.3 is 34.2 Å². The van der Waals surface area contributed by atoms with Crippen molar-refractivity contribution < 1.29 is 23.8 Å². The molecule has 0 aromatic heterocycles. The van der Waals surface area contributed by atoms with E-state index < -0.39 is 0 Å². The van der Waals surface area contributed by atoms with Gasteiger partial charge in [-0.05, 0) is 49.3 Å². The van der Waals surface area contributed by atoms with Gasteiger partial charge in [-0.25, -0.2) is 0 Å². The number of benzene rings is 1. The first-order valence-corrected chi connectivity index (χ1v) is 15.7. The average molecular weight is 584 g/mol. The molecule has 3 fully saturated rings. The van der Waals surface area contributed by atoms with Crippen LogP contribution in [0.25, 0.3) is 0 Å². The zero-order chi connectivity index (χ0) is 29.3. The van der Waals surface area contributed by atoms with Crippen LogP contribution in [0.5, 0.6) is 5.75 Å². The Balaban J connectivity index is 1.22. The smallest absolute Gasteiger partial charge is 0.236 e. The van der Waals surface area contributed by atoms with Crippen LogP contribution in [-0.2, 0) is 25.6 Å². The summed E-state index contributed by atoms with van der Waals surface area (Å²) in [5.74, 6) is 1.54. The molecule has 4 aliphatic heterocycles. The van der Waals surface area contributed by atoms with Crippen LogP contribution >= 0.6 is 0 Å². The predicted octanol–water partition coefficient (Wildman–Crippen LogP) is 1.99. The molecule has 0 radical (unpaired) electrons. The second-order valence-electron chi connectivity index (χ2n) is 12.1. The van der Waals surface area contributed by atoms with Crippen LogP contribution in [-0.4, -0.2) is 125 Å². The minimum Gasteiger partial charge on any atom is -0.489 e. The highest BCUT2D eigenvalue weighted by molar-refractivity contribution is 5.79. The molecule has 0 spiro atoms. The molecule has 0 saturated carbocycles. The molecule has 1 N–H and O–H groups in total. The monoisotopic (exact) mass is 583 g/mol. The zero-order valence-electron chi connectivity index (χ0n) is 25.5. The Bertz CT molecular complexity index is 1080. The molecule has 1 aromatic rings. The number of fused-ring (bicyclic) bond motifs is 3. The van der Waals surface area contributed by atoms with Crippen LogP contribution in [0.15, 0.2) is 30.4 Å². The molecule has 2 bridgehead atoms. The van der Waals surface area contributed by atoms with E-state index in [1.54, 1.807) is 14.2 Å². The molecular formula is C32H49N5O5. The third kappa shape index (κ3) is 7.83. The van der Waals surface area contributed by atoms with Crippen LogP contribution in [0, 0.1) is 11.8 Å². The van der Waals surface area contributed by atoms with Gasteiger partial charge >= 0.3 is 0 Å². The van der Waals surface area contributed by atoms with E-state index in [0.29, 0.717) is 38.7 Å². The first kappa shape index (κ1) is 30.8. The number of nitrogens with one attached hydrogen (secondary N) is 1. The van der Waals surface area contributed by atoms with Crippen molar-refractivity contribution in [3.05, 3.63) is 35.9 Å². The maximum atomic E-state index is 13.3. The van der Waals surface area contributed by atoms with Crippen molar-refractivity contribution in [2.45, 2.75) is 38.3 Å². The molecule has 5 rings (SSSR count). The van der Waals surface area contributed by atoms with Crippen molar-refractivity contribution in [1.29, 1.82) is 0 Å². The van der Waals surface area contributed by atoms with Gasteiger partial charge in [-0.1, -0.05) is 12.2 Å². The van der Waals surface area contributed by atoms with Gasteiger partial charge in [0.15, 0.2) is 0 Å². The summed E-state index contributed by atoms with van der Waals surface area (Å²) in [6, 6.07) is 6.78. The van der Waals surface area contributed by atoms with Crippen molar-refractivity contribution >= 4 is 17.5 Å². The first-order chi connectivity index (χ1) is 20.6. The molecule has 232 valence electrons. The van der Waals surface area contributed by atoms with Gasteiger partial charge in [0.1, 0.15) is 12.4 Å². The summed E-state index contributed by atoms with van der Waals surface area (Å²) in [6.45, 7) is 9.35. The van der Waals surface area contributed by atoms with E-state index in [2.05, 4.69) is 45.5 Å². The largest absolute Gasteiger partial charge is 0.489 e. The number of nitrogens with zero attached hydrogens (tertiary/aromatic N) is 4. The predicted molar refractivity (Wildman–Crippen MR) is 163 cm³/mol. The number of amides is 2. The van der Waals surface area contributed by atoms with Crippen molar-refractivity contribution in [2.75, 3.05) is 97.8 Å². The summed E-state index contributed by atoms with van der Waals surface area (Å²) < 4.78 is 16.9. The molecule has 0 unspecified atom stereocenters. The van der Waals surface area contributed by atoms with E-state index in [4.69, 9.17) is 14.2 Å². The van der Waals surface area contributed by atoms with E-state index in [1.807, 2.05) is 9.80 Å². The zero-order valence-corrected chi connectivity index (χ0v) is 25.5. The Morgan fingerprint density at radius 3 is 2.71 bits per heavy atom. The van der Waals surface area contributed by atoms with Crippen LogP contribution < -0.4 is 15.0 Å². The number of rotatable bonds is 8. The summed E-state index contributed by atoms with van der Waals surface area (Å²) in [4.78, 5) is 35.3. The highest BCUT2D eigenvalue weighted by atomic mass is 16.5. The number of methoxy groups -OCH3 is 2. The van der Waals surface area contributed by atoms with Crippen LogP contribution in [0.3, 0.4) is 0 Å². The Kier molecular flexibility index (Phi) is 11.1. The number of piperazine rings is 1. The Hall–Kier alpha value is -2.66. The molecule has 0 aliphatic carbocycles. The fourth-order valence-corrected chi connectivity index (χ4v) is 6.87. The minimum atomic E-state index is 0.114. The molecular weight excluding hydrogens is 534 g/mol. The summed E-state index contributed by atoms with van der Waals surface area (Å²) in [7, 11) is 3.49. The number of piperidine rings is 1. The number of hydrogen-bond acceptors (Lipinski definition) is 8. The fourth-order valence-electron chi connectivity index (χ4n) is 6.87. The van der Waals surface area contributed by atoms with Gasteiger partial charge in [0.25, 0.3) is 0 Å². The van der Waals surface area contributed by atoms with Gasteiger partial charge in [0.05, 0.1) is 25.8 Å². The number of anilines is 1. The van der Waals surface area contributed by atoms with E-state index in [-0.39, 0.29) is 30.2 Å². The maximum absolute atomic E-state index is 13.3. The number of carbonyl (C=O) groups excluding carboxylic acids is 2. The van der Waals surface area contributed by atoms with Crippen molar-refractivity contribution in [3.8, 4) is 5.75 Å². The maximum Gasteiger partial charge on any atom is 0.236 e. The van der Waals surface area contributed by atoms with Crippen molar-refractivity contribution in [1.82, 2.24) is 20.0 Å². The molecule has 4 aliphatic rings. The molecule has 42 heavy (non-hydrogen) atoms. The lowest BCUT2D eigenvalue weighted by Gasteiger charge is -2.39. The molecule has 10 nitrogen and oxygen atoms in total. The van der Waals surface area contributed by atoms with E-state index >= 15 is 0 Å². The Morgan fingerprint density at radius 2 is 1.90 bits per heavy atom. The lowest BCUT2D eigenvalue weighted by Crippen LogP contribution is -2.51. The summed E-state index contributed by atoms with van der Waals surface area (Å²) in [5.41, 5.74) is 2.23. The molecule has 3 saturated heterocycles. The summed E-state index contributed by atoms with van der Waals surface area (Å²) >= 11 is 0. The average Bonchev–Trinajstić information content (AvgIpc) is 3.47. The third-order valence-corrected chi connectivity index (χ3v) is 9.35. The highest BCUT2D eigenvalue weighted by Crippen LogP contribution is 2.32. The summed E-state index contributed by atoms with van der Waals surface area (Å²) in [6.07, 6.45) is 7.91. The molecule has 10 heteroatoms. The first-order valence-electron chi connectivity index (χ1n) is 15.7. The molecule has 1 aromatic carbocycles. The van der Waals surface area contributed by atoms with Gasteiger partial charge in [-0.15, -0.1) is 0 Å². The van der Waals surface area contributed by atoms with Crippen molar-refractivity contribution in [2.24, 2.45) is 11.8 Å². The van der Waals surface area contributed by atoms with Gasteiger partial charge in [0, 0.05) is 90.8 Å². The number of ether oxygens (including phenoxy) is 3. The standard InChI is InChI=1S/C32H49N5O5/c1-40-18-16-34-12-14-35(15-13-34)31(38)20-25-9-11-36-23-26(25)5-4-17-42-30-8-7-28(19-27(30)21-33-22-32(36)39)37-10-3-6-29(37)24-41-2/h4-5,7-8,19,25-26,29,33H,3,6,9-18,20-24H2,1-2H3/b5-4+/t25-,26-,29-/m0/s1. The quantitative estimate of drug-likeness (QED) is 0.465. The third-order valence-electron chi connectivity index (χ3n) is 9.35. The molecule has 2 amide bonds.